The van der Waals surface area contributed by atoms with Crippen molar-refractivity contribution in [3.63, 3.8) is 0 Å². The Morgan fingerprint density at radius 2 is 1.79 bits per heavy atom. The molecule has 0 saturated carbocycles. The van der Waals surface area contributed by atoms with E-state index >= 15 is 0 Å². The van der Waals surface area contributed by atoms with Gasteiger partial charge in [0.25, 0.3) is 0 Å². The Balaban J connectivity index is 1.44. The van der Waals surface area contributed by atoms with E-state index in [-0.39, 0.29) is 30.0 Å². The molecule has 0 bridgehead atoms. The van der Waals surface area contributed by atoms with Crippen molar-refractivity contribution in [2.75, 3.05) is 34.0 Å². The molecule has 0 spiro atoms. The van der Waals surface area contributed by atoms with E-state index < -0.39 is 0 Å². The smallest absolute Gasteiger partial charge is 0.237 e. The first-order chi connectivity index (χ1) is 16.5. The number of para-hydroxylation sites is 3. The third kappa shape index (κ3) is 4.37. The molecule has 3 aromatic rings. The number of hydrogen-bond donors (Lipinski definition) is 1. The zero-order valence-corrected chi connectivity index (χ0v) is 20.3. The summed E-state index contributed by atoms with van der Waals surface area (Å²) in [4.78, 5) is 29.6. The Kier molecular flexibility index (Phi) is 6.47. The number of thioether (sulfide) groups is 1. The molecule has 1 N–H and O–H groups in total. The largest absolute Gasteiger partial charge is 0.341 e. The van der Waals surface area contributed by atoms with Crippen LogP contribution in [0.15, 0.2) is 53.7 Å². The predicted molar refractivity (Wildman–Crippen MR) is 135 cm³/mol. The number of halogens is 1. The van der Waals surface area contributed by atoms with Gasteiger partial charge in [0.05, 0.1) is 27.8 Å². The van der Waals surface area contributed by atoms with E-state index in [1.54, 1.807) is 4.90 Å². The lowest BCUT2D eigenvalue weighted by molar-refractivity contribution is -0.117. The highest BCUT2D eigenvalue weighted by Crippen LogP contribution is 2.34. The number of anilines is 3. The van der Waals surface area contributed by atoms with Crippen molar-refractivity contribution in [3.8, 4) is 5.69 Å². The Bertz CT molecular complexity index is 1230. The van der Waals surface area contributed by atoms with E-state index in [2.05, 4.69) is 20.4 Å². The van der Waals surface area contributed by atoms with Gasteiger partial charge < -0.3 is 15.1 Å². The first-order valence-corrected chi connectivity index (χ1v) is 12.7. The number of nitrogens with one attached hydrogen (secondary N) is 1. The van der Waals surface area contributed by atoms with Crippen LogP contribution >= 0.6 is 23.4 Å². The average Bonchev–Trinajstić information content (AvgIpc) is 3.46. The molecule has 34 heavy (non-hydrogen) atoms. The van der Waals surface area contributed by atoms with Gasteiger partial charge in [-0.05, 0) is 44.0 Å². The van der Waals surface area contributed by atoms with E-state index in [1.807, 2.05) is 60.0 Å². The molecule has 2 aromatic carbocycles. The van der Waals surface area contributed by atoms with Gasteiger partial charge in [-0.1, -0.05) is 47.6 Å². The Morgan fingerprint density at radius 1 is 1.09 bits per heavy atom. The first kappa shape index (κ1) is 22.7. The number of benzene rings is 2. The molecule has 2 aliphatic heterocycles. The van der Waals surface area contributed by atoms with Crippen molar-refractivity contribution in [1.29, 1.82) is 0 Å². The lowest BCUT2D eigenvalue weighted by atomic mass is 10.2. The second-order valence-electron chi connectivity index (χ2n) is 8.43. The fraction of sp³-hybridized carbons (Fsp3) is 0.333. The van der Waals surface area contributed by atoms with Gasteiger partial charge in [0.2, 0.25) is 17.8 Å². The molecule has 8 nitrogen and oxygen atoms in total. The molecule has 5 rings (SSSR count). The fourth-order valence-electron chi connectivity index (χ4n) is 4.49. The molecular weight excluding hydrogens is 472 g/mol. The highest BCUT2D eigenvalue weighted by Gasteiger charge is 2.30. The zero-order valence-electron chi connectivity index (χ0n) is 18.8. The minimum Gasteiger partial charge on any atom is -0.341 e. The maximum Gasteiger partial charge on any atom is 0.237 e. The van der Waals surface area contributed by atoms with Crippen molar-refractivity contribution in [1.82, 2.24) is 14.8 Å². The number of fused-ring (bicyclic) bond motifs is 1. The van der Waals surface area contributed by atoms with E-state index in [9.17, 15) is 9.59 Å². The summed E-state index contributed by atoms with van der Waals surface area (Å²) in [5.41, 5.74) is 2.14. The fourth-order valence-corrected chi connectivity index (χ4v) is 5.50. The van der Waals surface area contributed by atoms with Crippen molar-refractivity contribution >= 4 is 52.5 Å². The maximum atomic E-state index is 13.5. The van der Waals surface area contributed by atoms with E-state index in [1.165, 1.54) is 11.8 Å². The van der Waals surface area contributed by atoms with Crippen molar-refractivity contribution in [3.05, 3.63) is 53.6 Å². The van der Waals surface area contributed by atoms with Gasteiger partial charge in [-0.15, -0.1) is 10.2 Å². The molecule has 0 unspecified atom stereocenters. The second-order valence-corrected chi connectivity index (χ2v) is 9.78. The number of carbonyl (C=O) groups is 2. The lowest BCUT2D eigenvalue weighted by Gasteiger charge is -2.27. The molecule has 1 fully saturated rings. The summed E-state index contributed by atoms with van der Waals surface area (Å²) in [6.45, 7) is 3.71. The van der Waals surface area contributed by atoms with Crippen LogP contribution in [0.5, 0.6) is 0 Å². The van der Waals surface area contributed by atoms with Gasteiger partial charge in [-0.2, -0.15) is 0 Å². The number of rotatable bonds is 5. The summed E-state index contributed by atoms with van der Waals surface area (Å²) in [6, 6.07) is 14.7. The van der Waals surface area contributed by atoms with Crippen LogP contribution in [0, 0.1) is 0 Å². The Labute approximate surface area is 207 Å². The standard InChI is InChI=1S/C24H25ClN6O2S/c1-16-14-21(32)26-18-9-3-5-11-20(18)30(16)22(33)15-34-24-28-27-23(29-12-6-7-13-29)31(24)19-10-4-2-8-17(19)25/h2-5,8-11,16H,6-7,12-15H2,1H3,(H,26,32)/t16-/m0/s1. The second kappa shape index (κ2) is 9.68. The molecule has 1 aromatic heterocycles. The predicted octanol–water partition coefficient (Wildman–Crippen LogP) is 4.38. The van der Waals surface area contributed by atoms with Gasteiger partial charge in [0.1, 0.15) is 0 Å². The summed E-state index contributed by atoms with van der Waals surface area (Å²) in [5.74, 6) is 0.688. The van der Waals surface area contributed by atoms with Gasteiger partial charge >= 0.3 is 0 Å². The maximum absolute atomic E-state index is 13.5. The highest BCUT2D eigenvalue weighted by atomic mass is 35.5. The summed E-state index contributed by atoms with van der Waals surface area (Å²) < 4.78 is 1.94. The van der Waals surface area contributed by atoms with Crippen LogP contribution < -0.4 is 15.1 Å². The SMILES string of the molecule is C[C@H]1CC(=O)Nc2ccccc2N1C(=O)CSc1nnc(N2CCCC2)n1-c1ccccc1Cl. The molecule has 0 aliphatic carbocycles. The average molecular weight is 497 g/mol. The number of aromatic nitrogens is 3. The number of amides is 2. The molecule has 0 radical (unpaired) electrons. The number of carbonyl (C=O) groups excluding carboxylic acids is 2. The quantitative estimate of drug-likeness (QED) is 0.528. The van der Waals surface area contributed by atoms with Crippen LogP contribution in [0.1, 0.15) is 26.2 Å². The van der Waals surface area contributed by atoms with Crippen molar-refractivity contribution < 1.29 is 9.59 Å². The third-order valence-electron chi connectivity index (χ3n) is 6.05. The summed E-state index contributed by atoms with van der Waals surface area (Å²) in [5, 5.41) is 13.0. The van der Waals surface area contributed by atoms with Crippen molar-refractivity contribution in [2.45, 2.75) is 37.4 Å². The van der Waals surface area contributed by atoms with E-state index in [4.69, 9.17) is 11.6 Å². The van der Waals surface area contributed by atoms with Crippen LogP contribution in [0.25, 0.3) is 5.69 Å². The van der Waals surface area contributed by atoms with Crippen LogP contribution in [0.3, 0.4) is 0 Å². The molecule has 1 saturated heterocycles. The zero-order chi connectivity index (χ0) is 23.7. The molecule has 176 valence electrons. The van der Waals surface area contributed by atoms with Crippen LogP contribution in [-0.4, -0.2) is 51.5 Å². The Hall–Kier alpha value is -3.04. The molecule has 2 aliphatic rings. The molecule has 3 heterocycles. The Morgan fingerprint density at radius 3 is 2.56 bits per heavy atom. The molecule has 1 atom stereocenters. The third-order valence-corrected chi connectivity index (χ3v) is 7.28. The monoisotopic (exact) mass is 496 g/mol. The summed E-state index contributed by atoms with van der Waals surface area (Å²) in [7, 11) is 0. The van der Waals surface area contributed by atoms with Crippen LogP contribution in [0.2, 0.25) is 5.02 Å². The lowest BCUT2D eigenvalue weighted by Crippen LogP contribution is -2.40. The van der Waals surface area contributed by atoms with Gasteiger partial charge in [-0.25, -0.2) is 0 Å². The van der Waals surface area contributed by atoms with Gasteiger partial charge in [-0.3, -0.25) is 14.2 Å². The van der Waals surface area contributed by atoms with Gasteiger partial charge in [0, 0.05) is 25.6 Å². The topological polar surface area (TPSA) is 83.4 Å². The molecule has 10 heteroatoms. The minimum atomic E-state index is -0.265. The first-order valence-electron chi connectivity index (χ1n) is 11.3. The number of nitrogens with zero attached hydrogens (tertiary/aromatic N) is 5. The molecular formula is C24H25ClN6O2S. The summed E-state index contributed by atoms with van der Waals surface area (Å²) >= 11 is 7.86. The van der Waals surface area contributed by atoms with Crippen LogP contribution in [-0.2, 0) is 9.59 Å². The van der Waals surface area contributed by atoms with Gasteiger partial charge in [0.15, 0.2) is 5.16 Å². The molecule has 2 amide bonds. The number of hydrogen-bond acceptors (Lipinski definition) is 6. The van der Waals surface area contributed by atoms with Crippen molar-refractivity contribution in [2.24, 2.45) is 0 Å². The summed E-state index contributed by atoms with van der Waals surface area (Å²) in [6.07, 6.45) is 2.45. The minimum absolute atomic E-state index is 0.0992. The van der Waals surface area contributed by atoms with E-state index in [0.29, 0.717) is 21.6 Å². The van der Waals surface area contributed by atoms with Crippen LogP contribution in [0.4, 0.5) is 17.3 Å². The highest BCUT2D eigenvalue weighted by molar-refractivity contribution is 7.99. The normalized spacial score (nSPS) is 17.9. The van der Waals surface area contributed by atoms with E-state index in [0.717, 1.165) is 37.6 Å².